The molecule has 0 saturated carbocycles. The number of hydrogen-bond donors (Lipinski definition) is 4. The van der Waals surface area contributed by atoms with Gasteiger partial charge in [0.1, 0.15) is 6.10 Å². The second-order valence-electron chi connectivity index (χ2n) is 3.59. The van der Waals surface area contributed by atoms with Crippen LogP contribution in [0, 0.1) is 0 Å². The lowest BCUT2D eigenvalue weighted by molar-refractivity contribution is -0.137. The predicted octanol–water partition coefficient (Wildman–Crippen LogP) is 0.641. The Kier molecular flexibility index (Phi) is 3.97. The van der Waals surface area contributed by atoms with Gasteiger partial charge in [-0.3, -0.25) is 0 Å². The highest BCUT2D eigenvalue weighted by molar-refractivity contribution is 5.50. The number of nitrogens with two attached hydrogens (primary N) is 2. The molecular formula is C10H13F3N2O2. The quantitative estimate of drug-likeness (QED) is 0.592. The third kappa shape index (κ3) is 3.09. The van der Waals surface area contributed by atoms with E-state index >= 15 is 0 Å². The molecule has 2 atom stereocenters. The zero-order valence-electron chi connectivity index (χ0n) is 8.78. The van der Waals surface area contributed by atoms with Crippen molar-refractivity contribution in [3.8, 4) is 0 Å². The molecule has 0 aromatic heterocycles. The molecule has 6 N–H and O–H groups in total. The van der Waals surface area contributed by atoms with Crippen molar-refractivity contribution < 1.29 is 23.4 Å². The Balaban J connectivity index is 3.15. The molecule has 1 aromatic carbocycles. The topological polar surface area (TPSA) is 92.5 Å². The minimum atomic E-state index is -4.53. The Morgan fingerprint density at radius 3 is 2.29 bits per heavy atom. The van der Waals surface area contributed by atoms with Crippen LogP contribution in [0.25, 0.3) is 0 Å². The number of aliphatic hydroxyl groups excluding tert-OH is 2. The number of alkyl halides is 3. The van der Waals surface area contributed by atoms with Gasteiger partial charge in [-0.25, -0.2) is 0 Å². The monoisotopic (exact) mass is 250 g/mol. The van der Waals surface area contributed by atoms with Crippen molar-refractivity contribution in [2.45, 2.75) is 18.4 Å². The van der Waals surface area contributed by atoms with Crippen molar-refractivity contribution in [1.29, 1.82) is 0 Å². The first-order chi connectivity index (χ1) is 7.77. The smallest absolute Gasteiger partial charge is 0.398 e. The minimum Gasteiger partial charge on any atom is -0.398 e. The first-order valence-electron chi connectivity index (χ1n) is 4.80. The highest BCUT2D eigenvalue weighted by Gasteiger charge is 2.32. The molecule has 1 aromatic rings. The zero-order chi connectivity index (χ0) is 13.2. The first-order valence-corrected chi connectivity index (χ1v) is 4.80. The van der Waals surface area contributed by atoms with E-state index < -0.39 is 23.9 Å². The predicted molar refractivity (Wildman–Crippen MR) is 55.9 cm³/mol. The maximum Gasteiger partial charge on any atom is 0.416 e. The van der Waals surface area contributed by atoms with E-state index in [1.165, 1.54) is 0 Å². The van der Waals surface area contributed by atoms with Crippen LogP contribution in [0.15, 0.2) is 18.2 Å². The molecule has 0 heterocycles. The van der Waals surface area contributed by atoms with Gasteiger partial charge >= 0.3 is 6.18 Å². The number of rotatable bonds is 3. The standard InChI is InChI=1S/C10H13F3N2O2/c11-10(12,13)5-1-2-7(15)6(3-5)9(17)8(16)4-14/h1-3,8-9,16-17H,4,14-15H2. The van der Waals surface area contributed by atoms with Gasteiger partial charge in [0.05, 0.1) is 11.7 Å². The summed E-state index contributed by atoms with van der Waals surface area (Å²) in [4.78, 5) is 0. The summed E-state index contributed by atoms with van der Waals surface area (Å²) in [6.45, 7) is -0.281. The van der Waals surface area contributed by atoms with Crippen LogP contribution in [0.1, 0.15) is 17.2 Å². The maximum atomic E-state index is 12.4. The molecule has 0 aliphatic carbocycles. The Labute approximate surface area is 95.7 Å². The van der Waals surface area contributed by atoms with Gasteiger partial charge in [-0.2, -0.15) is 13.2 Å². The number of halogens is 3. The Morgan fingerprint density at radius 1 is 1.24 bits per heavy atom. The SMILES string of the molecule is NCC(O)C(O)c1cc(C(F)(F)F)ccc1N. The van der Waals surface area contributed by atoms with Crippen molar-refractivity contribution in [2.24, 2.45) is 5.73 Å². The van der Waals surface area contributed by atoms with Crippen LogP contribution < -0.4 is 11.5 Å². The van der Waals surface area contributed by atoms with Crippen LogP contribution in [0.2, 0.25) is 0 Å². The molecule has 1 rings (SSSR count). The molecule has 0 bridgehead atoms. The molecule has 2 unspecified atom stereocenters. The number of nitrogen functional groups attached to an aromatic ring is 1. The third-order valence-electron chi connectivity index (χ3n) is 2.34. The average Bonchev–Trinajstić information content (AvgIpc) is 2.26. The van der Waals surface area contributed by atoms with Gasteiger partial charge in [0.15, 0.2) is 0 Å². The summed E-state index contributed by atoms with van der Waals surface area (Å²) in [6.07, 6.45) is -7.43. The summed E-state index contributed by atoms with van der Waals surface area (Å²) in [5, 5.41) is 18.9. The second-order valence-corrected chi connectivity index (χ2v) is 3.59. The minimum absolute atomic E-state index is 0.0296. The molecule has 96 valence electrons. The summed E-state index contributed by atoms with van der Waals surface area (Å²) >= 11 is 0. The highest BCUT2D eigenvalue weighted by atomic mass is 19.4. The van der Waals surface area contributed by atoms with Gasteiger partial charge in [0.25, 0.3) is 0 Å². The third-order valence-corrected chi connectivity index (χ3v) is 2.34. The van der Waals surface area contributed by atoms with E-state index in [0.29, 0.717) is 6.07 Å². The van der Waals surface area contributed by atoms with E-state index in [-0.39, 0.29) is 17.8 Å². The Morgan fingerprint density at radius 2 is 1.82 bits per heavy atom. The molecule has 17 heavy (non-hydrogen) atoms. The number of benzene rings is 1. The molecule has 0 amide bonds. The second kappa shape index (κ2) is 4.91. The van der Waals surface area contributed by atoms with E-state index in [9.17, 15) is 23.4 Å². The van der Waals surface area contributed by atoms with E-state index in [2.05, 4.69) is 0 Å². The maximum absolute atomic E-state index is 12.4. The number of hydrogen-bond acceptors (Lipinski definition) is 4. The summed E-state index contributed by atoms with van der Waals surface area (Å²) in [5.41, 5.74) is 9.41. The van der Waals surface area contributed by atoms with Crippen LogP contribution in [-0.4, -0.2) is 22.9 Å². The van der Waals surface area contributed by atoms with Gasteiger partial charge < -0.3 is 21.7 Å². The fraction of sp³-hybridized carbons (Fsp3) is 0.400. The van der Waals surface area contributed by atoms with Crippen molar-refractivity contribution in [2.75, 3.05) is 12.3 Å². The highest BCUT2D eigenvalue weighted by Crippen LogP contribution is 2.33. The molecule has 7 heteroatoms. The molecule has 0 aliphatic heterocycles. The zero-order valence-corrected chi connectivity index (χ0v) is 8.78. The van der Waals surface area contributed by atoms with E-state index in [0.717, 1.165) is 12.1 Å². The first kappa shape index (κ1) is 13.8. The molecule has 0 saturated heterocycles. The lowest BCUT2D eigenvalue weighted by Gasteiger charge is -2.19. The summed E-state index contributed by atoms with van der Waals surface area (Å²) in [5.74, 6) is 0. The fourth-order valence-electron chi connectivity index (χ4n) is 1.34. The summed E-state index contributed by atoms with van der Waals surface area (Å²) < 4.78 is 37.3. The van der Waals surface area contributed by atoms with Crippen molar-refractivity contribution in [3.05, 3.63) is 29.3 Å². The molecule has 0 fully saturated rings. The number of anilines is 1. The average molecular weight is 250 g/mol. The van der Waals surface area contributed by atoms with Crippen molar-refractivity contribution in [1.82, 2.24) is 0 Å². The summed E-state index contributed by atoms with van der Waals surface area (Å²) in [7, 11) is 0. The lowest BCUT2D eigenvalue weighted by Crippen LogP contribution is -2.28. The molecule has 0 radical (unpaired) electrons. The molecular weight excluding hydrogens is 237 g/mol. The van der Waals surface area contributed by atoms with Gasteiger partial charge in [0.2, 0.25) is 0 Å². The van der Waals surface area contributed by atoms with Crippen molar-refractivity contribution >= 4 is 5.69 Å². The van der Waals surface area contributed by atoms with Crippen LogP contribution in [-0.2, 0) is 6.18 Å². The Bertz CT molecular complexity index is 396. The normalized spacial score (nSPS) is 15.6. The van der Waals surface area contributed by atoms with E-state index in [1.54, 1.807) is 0 Å². The Hall–Kier alpha value is -1.31. The van der Waals surface area contributed by atoms with Gasteiger partial charge in [-0.1, -0.05) is 0 Å². The number of aliphatic hydroxyl groups is 2. The largest absolute Gasteiger partial charge is 0.416 e. The van der Waals surface area contributed by atoms with E-state index in [4.69, 9.17) is 11.5 Å². The molecule has 4 nitrogen and oxygen atoms in total. The molecule has 0 spiro atoms. The van der Waals surface area contributed by atoms with Crippen molar-refractivity contribution in [3.63, 3.8) is 0 Å². The molecule has 0 aliphatic rings. The van der Waals surface area contributed by atoms with Crippen LogP contribution in [0.4, 0.5) is 18.9 Å². The van der Waals surface area contributed by atoms with Crippen LogP contribution in [0.3, 0.4) is 0 Å². The van der Waals surface area contributed by atoms with Crippen LogP contribution >= 0.6 is 0 Å². The summed E-state index contributed by atoms with van der Waals surface area (Å²) in [6, 6.07) is 2.55. The lowest BCUT2D eigenvalue weighted by atomic mass is 10.00. The fourth-order valence-corrected chi connectivity index (χ4v) is 1.34. The van der Waals surface area contributed by atoms with Gasteiger partial charge in [0, 0.05) is 17.8 Å². The van der Waals surface area contributed by atoms with Gasteiger partial charge in [-0.15, -0.1) is 0 Å². The van der Waals surface area contributed by atoms with Gasteiger partial charge in [-0.05, 0) is 18.2 Å². The van der Waals surface area contributed by atoms with E-state index in [1.807, 2.05) is 0 Å². The van der Waals surface area contributed by atoms with Crippen LogP contribution in [0.5, 0.6) is 0 Å².